The summed E-state index contributed by atoms with van der Waals surface area (Å²) >= 11 is 0. The summed E-state index contributed by atoms with van der Waals surface area (Å²) in [5.74, 6) is -0.531. The van der Waals surface area contributed by atoms with Crippen LogP contribution in [0.15, 0.2) is 41.6 Å². The van der Waals surface area contributed by atoms with E-state index in [1.54, 1.807) is 24.6 Å². The van der Waals surface area contributed by atoms with Crippen LogP contribution in [0, 0.1) is 12.7 Å². The highest BCUT2D eigenvalue weighted by atomic mass is 19.4. The van der Waals surface area contributed by atoms with E-state index in [2.05, 4.69) is 15.0 Å². The van der Waals surface area contributed by atoms with Crippen LogP contribution >= 0.6 is 0 Å². The van der Waals surface area contributed by atoms with E-state index in [1.165, 1.54) is 12.4 Å². The second-order valence-electron chi connectivity index (χ2n) is 5.83. The van der Waals surface area contributed by atoms with Gasteiger partial charge in [0.1, 0.15) is 17.3 Å². The molecule has 1 atom stereocenters. The minimum atomic E-state index is -4.60. The van der Waals surface area contributed by atoms with Crippen LogP contribution in [0.2, 0.25) is 0 Å². The number of nitrogens with zero attached hydrogens (tertiary/aromatic N) is 3. The van der Waals surface area contributed by atoms with Crippen molar-refractivity contribution in [2.45, 2.75) is 26.1 Å². The molecule has 0 aliphatic heterocycles. The van der Waals surface area contributed by atoms with Crippen LogP contribution in [0.1, 0.15) is 29.9 Å². The molecule has 1 aromatic carbocycles. The SMILES string of the molecule is Cc1nc(-c2cn([C@H](C)c3ccc(C(F)(F)F)cc3F)cn2)cc(=O)[nH]1. The number of halogens is 4. The van der Waals surface area contributed by atoms with Gasteiger partial charge in [-0.15, -0.1) is 0 Å². The first-order chi connectivity index (χ1) is 12.1. The van der Waals surface area contributed by atoms with Gasteiger partial charge in [-0.2, -0.15) is 13.2 Å². The molecule has 0 bridgehead atoms. The van der Waals surface area contributed by atoms with E-state index in [0.717, 1.165) is 12.1 Å². The highest BCUT2D eigenvalue weighted by molar-refractivity contribution is 5.52. The molecule has 0 saturated carbocycles. The Morgan fingerprint density at radius 2 is 1.92 bits per heavy atom. The lowest BCUT2D eigenvalue weighted by atomic mass is 10.0. The monoisotopic (exact) mass is 366 g/mol. The van der Waals surface area contributed by atoms with Crippen molar-refractivity contribution in [2.24, 2.45) is 0 Å². The maximum absolute atomic E-state index is 14.2. The average Bonchev–Trinajstić information content (AvgIpc) is 3.02. The zero-order valence-electron chi connectivity index (χ0n) is 13.8. The first-order valence-electron chi connectivity index (χ1n) is 7.63. The van der Waals surface area contributed by atoms with Gasteiger partial charge in [-0.1, -0.05) is 6.07 Å². The molecule has 2 aromatic heterocycles. The van der Waals surface area contributed by atoms with Crippen LogP contribution in [-0.2, 0) is 6.18 Å². The zero-order chi connectivity index (χ0) is 19.1. The van der Waals surface area contributed by atoms with Crippen molar-refractivity contribution in [2.75, 3.05) is 0 Å². The van der Waals surface area contributed by atoms with Crippen molar-refractivity contribution in [3.8, 4) is 11.4 Å². The number of alkyl halides is 3. The van der Waals surface area contributed by atoms with Gasteiger partial charge in [0.05, 0.1) is 23.6 Å². The minimum absolute atomic E-state index is 0.0944. The van der Waals surface area contributed by atoms with Gasteiger partial charge < -0.3 is 9.55 Å². The van der Waals surface area contributed by atoms with Gasteiger partial charge in [-0.05, 0) is 26.0 Å². The smallest absolute Gasteiger partial charge is 0.329 e. The molecule has 9 heteroatoms. The second kappa shape index (κ2) is 6.40. The quantitative estimate of drug-likeness (QED) is 0.719. The van der Waals surface area contributed by atoms with E-state index in [9.17, 15) is 22.4 Å². The van der Waals surface area contributed by atoms with Crippen molar-refractivity contribution in [3.05, 3.63) is 69.9 Å². The fourth-order valence-corrected chi connectivity index (χ4v) is 2.59. The number of imidazole rings is 1. The van der Waals surface area contributed by atoms with Crippen molar-refractivity contribution < 1.29 is 17.6 Å². The van der Waals surface area contributed by atoms with Gasteiger partial charge in [-0.25, -0.2) is 14.4 Å². The van der Waals surface area contributed by atoms with Crippen molar-refractivity contribution in [3.63, 3.8) is 0 Å². The van der Waals surface area contributed by atoms with Gasteiger partial charge in [0.25, 0.3) is 5.56 Å². The third-order valence-corrected chi connectivity index (χ3v) is 3.95. The van der Waals surface area contributed by atoms with Crippen LogP contribution < -0.4 is 5.56 Å². The first kappa shape index (κ1) is 17.8. The Morgan fingerprint density at radius 3 is 2.54 bits per heavy atom. The van der Waals surface area contributed by atoms with E-state index < -0.39 is 23.6 Å². The number of hydrogen-bond donors (Lipinski definition) is 1. The molecule has 136 valence electrons. The Bertz CT molecular complexity index is 1010. The van der Waals surface area contributed by atoms with Gasteiger partial charge in [0.15, 0.2) is 0 Å². The molecule has 0 spiro atoms. The topological polar surface area (TPSA) is 63.6 Å². The predicted molar refractivity (Wildman–Crippen MR) is 86.0 cm³/mol. The molecule has 3 rings (SSSR count). The number of aromatic nitrogens is 4. The fourth-order valence-electron chi connectivity index (χ4n) is 2.59. The van der Waals surface area contributed by atoms with Gasteiger partial charge >= 0.3 is 6.18 Å². The van der Waals surface area contributed by atoms with Crippen LogP contribution in [-0.4, -0.2) is 19.5 Å². The summed E-state index contributed by atoms with van der Waals surface area (Å²) in [5.41, 5.74) is -0.523. The normalized spacial score (nSPS) is 13.0. The lowest BCUT2D eigenvalue weighted by Gasteiger charge is -2.16. The third kappa shape index (κ3) is 3.51. The van der Waals surface area contributed by atoms with Gasteiger partial charge in [-0.3, -0.25) is 4.79 Å². The largest absolute Gasteiger partial charge is 0.416 e. The molecule has 0 radical (unpaired) electrons. The number of aromatic amines is 1. The summed E-state index contributed by atoms with van der Waals surface area (Å²) in [6.07, 6.45) is -1.63. The Labute approximate surface area is 145 Å². The van der Waals surface area contributed by atoms with E-state index in [1.807, 2.05) is 0 Å². The number of H-pyrrole nitrogens is 1. The molecule has 5 nitrogen and oxygen atoms in total. The van der Waals surface area contributed by atoms with E-state index in [4.69, 9.17) is 0 Å². The van der Waals surface area contributed by atoms with Crippen molar-refractivity contribution in [1.29, 1.82) is 0 Å². The van der Waals surface area contributed by atoms with E-state index in [0.29, 0.717) is 23.3 Å². The summed E-state index contributed by atoms with van der Waals surface area (Å²) in [4.78, 5) is 22.4. The number of nitrogens with one attached hydrogen (secondary N) is 1. The van der Waals surface area contributed by atoms with Crippen molar-refractivity contribution in [1.82, 2.24) is 19.5 Å². The van der Waals surface area contributed by atoms with E-state index in [-0.39, 0.29) is 11.1 Å². The fraction of sp³-hybridized carbons (Fsp3) is 0.235. The van der Waals surface area contributed by atoms with E-state index >= 15 is 0 Å². The Morgan fingerprint density at radius 1 is 1.19 bits per heavy atom. The molecule has 0 fully saturated rings. The molecule has 26 heavy (non-hydrogen) atoms. The zero-order valence-corrected chi connectivity index (χ0v) is 13.8. The molecular formula is C17H14F4N4O. The average molecular weight is 366 g/mol. The molecule has 1 N–H and O–H groups in total. The molecule has 0 aliphatic rings. The standard InChI is InChI=1S/C17H14F4N4O/c1-9(12-4-3-11(5-13(12)18)17(19,20)21)25-7-15(22-8-25)14-6-16(26)24-10(2)23-14/h3-9H,1-2H3,(H,23,24,26)/t9-/m1/s1. The summed E-state index contributed by atoms with van der Waals surface area (Å²) in [7, 11) is 0. The Kier molecular flexibility index (Phi) is 4.39. The lowest BCUT2D eigenvalue weighted by molar-refractivity contribution is -0.137. The summed E-state index contributed by atoms with van der Waals surface area (Å²) in [5, 5.41) is 0. The number of rotatable bonds is 3. The van der Waals surface area contributed by atoms with Crippen LogP contribution in [0.5, 0.6) is 0 Å². The van der Waals surface area contributed by atoms with Gasteiger partial charge in [0.2, 0.25) is 0 Å². The second-order valence-corrected chi connectivity index (χ2v) is 5.83. The maximum Gasteiger partial charge on any atom is 0.416 e. The minimum Gasteiger partial charge on any atom is -0.329 e. The van der Waals surface area contributed by atoms with Crippen molar-refractivity contribution >= 4 is 0 Å². The van der Waals surface area contributed by atoms with Crippen LogP contribution in [0.25, 0.3) is 11.4 Å². The number of hydrogen-bond acceptors (Lipinski definition) is 3. The summed E-state index contributed by atoms with van der Waals surface area (Å²) < 4.78 is 53.7. The molecule has 0 unspecified atom stereocenters. The molecule has 0 saturated heterocycles. The highest BCUT2D eigenvalue weighted by Crippen LogP contribution is 2.32. The highest BCUT2D eigenvalue weighted by Gasteiger charge is 2.31. The molecule has 2 heterocycles. The third-order valence-electron chi connectivity index (χ3n) is 3.95. The number of aryl methyl sites for hydroxylation is 1. The molecule has 0 aliphatic carbocycles. The van der Waals surface area contributed by atoms with Crippen LogP contribution in [0.4, 0.5) is 17.6 Å². The Balaban J connectivity index is 1.93. The summed E-state index contributed by atoms with van der Waals surface area (Å²) in [6, 6.07) is 3.11. The number of benzene rings is 1. The first-order valence-corrected chi connectivity index (χ1v) is 7.63. The molecule has 0 amide bonds. The maximum atomic E-state index is 14.2. The molecule has 3 aromatic rings. The predicted octanol–water partition coefficient (Wildman–Crippen LogP) is 3.71. The lowest BCUT2D eigenvalue weighted by Crippen LogP contribution is -2.10. The van der Waals surface area contributed by atoms with Crippen LogP contribution in [0.3, 0.4) is 0 Å². The molecular weight excluding hydrogens is 352 g/mol. The summed E-state index contributed by atoms with van der Waals surface area (Å²) in [6.45, 7) is 3.26. The van der Waals surface area contributed by atoms with Gasteiger partial charge in [0, 0.05) is 17.8 Å². The Hall–Kier alpha value is -2.97.